The molecule has 1 amide bonds. The molecular weight excluding hydrogens is 315 g/mol. The van der Waals surface area contributed by atoms with Crippen LogP contribution in [0.5, 0.6) is 0 Å². The van der Waals surface area contributed by atoms with Crippen LogP contribution in [0, 0.1) is 5.92 Å². The van der Waals surface area contributed by atoms with Gasteiger partial charge in [-0.3, -0.25) is 4.79 Å². The summed E-state index contributed by atoms with van der Waals surface area (Å²) in [6.07, 6.45) is 3.31. The fourth-order valence-electron chi connectivity index (χ4n) is 2.59. The number of halogens is 2. The Hall–Kier alpha value is -0.290. The second kappa shape index (κ2) is 7.64. The second-order valence-corrected chi connectivity index (χ2v) is 7.49. The van der Waals surface area contributed by atoms with E-state index in [1.165, 1.54) is 24.2 Å². The van der Waals surface area contributed by atoms with E-state index in [9.17, 15) is 4.79 Å². The van der Waals surface area contributed by atoms with Crippen LogP contribution in [0.15, 0.2) is 6.07 Å². The van der Waals surface area contributed by atoms with Gasteiger partial charge in [0.15, 0.2) is 0 Å². The van der Waals surface area contributed by atoms with Crippen LogP contribution in [0.25, 0.3) is 0 Å². The van der Waals surface area contributed by atoms with E-state index in [1.54, 1.807) is 6.07 Å². The fourth-order valence-corrected chi connectivity index (χ4v) is 4.04. The summed E-state index contributed by atoms with van der Waals surface area (Å²) in [5, 5.41) is 3.39. The lowest BCUT2D eigenvalue weighted by atomic mass is 9.99. The van der Waals surface area contributed by atoms with Gasteiger partial charge in [0.2, 0.25) is 0 Å². The molecular formula is C14H20Cl2N2OS. The van der Waals surface area contributed by atoms with Crippen molar-refractivity contribution >= 4 is 40.4 Å². The molecule has 112 valence electrons. The molecule has 3 nitrogen and oxygen atoms in total. The van der Waals surface area contributed by atoms with Gasteiger partial charge in [0.25, 0.3) is 5.91 Å². The average Bonchev–Trinajstić information content (AvgIpc) is 2.77. The van der Waals surface area contributed by atoms with E-state index in [0.29, 0.717) is 20.2 Å². The largest absolute Gasteiger partial charge is 0.338 e. The molecule has 1 aliphatic rings. The first kappa shape index (κ1) is 16.1. The maximum Gasteiger partial charge on any atom is 0.256 e. The lowest BCUT2D eigenvalue weighted by molar-refractivity contribution is 0.0719. The maximum absolute atomic E-state index is 12.6. The van der Waals surface area contributed by atoms with Gasteiger partial charge in [-0.05, 0) is 44.3 Å². The van der Waals surface area contributed by atoms with Gasteiger partial charge in [0.1, 0.15) is 4.34 Å². The molecule has 2 heterocycles. The Kier molecular flexibility index (Phi) is 6.15. The summed E-state index contributed by atoms with van der Waals surface area (Å²) in [7, 11) is 0. The molecule has 2 rings (SSSR count). The molecule has 0 saturated carbocycles. The highest BCUT2D eigenvalue weighted by Crippen LogP contribution is 2.32. The zero-order valence-electron chi connectivity index (χ0n) is 11.6. The summed E-state index contributed by atoms with van der Waals surface area (Å²) in [4.78, 5) is 14.5. The van der Waals surface area contributed by atoms with E-state index in [4.69, 9.17) is 23.2 Å². The summed E-state index contributed by atoms with van der Waals surface area (Å²) in [6.45, 7) is 5.72. The highest BCUT2D eigenvalue weighted by atomic mass is 35.5. The van der Waals surface area contributed by atoms with Crippen molar-refractivity contribution in [2.24, 2.45) is 5.92 Å². The molecule has 1 aromatic rings. The van der Waals surface area contributed by atoms with Crippen LogP contribution in [0.1, 0.15) is 36.5 Å². The Labute approximate surface area is 134 Å². The van der Waals surface area contributed by atoms with E-state index in [1.807, 2.05) is 4.90 Å². The zero-order valence-corrected chi connectivity index (χ0v) is 14.0. The number of carbonyl (C=O) groups excluding carboxylic acids is 1. The Morgan fingerprint density at radius 2 is 2.35 bits per heavy atom. The third-order valence-electron chi connectivity index (χ3n) is 3.55. The highest BCUT2D eigenvalue weighted by Gasteiger charge is 2.24. The molecule has 1 aromatic heterocycles. The predicted molar refractivity (Wildman–Crippen MR) is 86.1 cm³/mol. The molecule has 0 bridgehead atoms. The van der Waals surface area contributed by atoms with E-state index in [-0.39, 0.29) is 5.91 Å². The number of hydrogen-bond acceptors (Lipinski definition) is 3. The molecule has 0 aromatic carbocycles. The smallest absolute Gasteiger partial charge is 0.256 e. The molecule has 1 atom stereocenters. The van der Waals surface area contributed by atoms with Crippen LogP contribution in [-0.2, 0) is 0 Å². The summed E-state index contributed by atoms with van der Waals surface area (Å²) in [5.41, 5.74) is 0.541. The predicted octanol–water partition coefficient (Wildman–Crippen LogP) is 3.91. The first-order valence-electron chi connectivity index (χ1n) is 7.06. The molecule has 20 heavy (non-hydrogen) atoms. The van der Waals surface area contributed by atoms with Crippen molar-refractivity contribution in [2.45, 2.75) is 26.2 Å². The molecule has 1 N–H and O–H groups in total. The first-order chi connectivity index (χ1) is 9.61. The van der Waals surface area contributed by atoms with E-state index < -0.39 is 0 Å². The number of thiophene rings is 1. The van der Waals surface area contributed by atoms with E-state index >= 15 is 0 Å². The van der Waals surface area contributed by atoms with Crippen LogP contribution < -0.4 is 5.32 Å². The standard InChI is InChI=1S/C14H20Cl2N2OS/c1-2-6-18(9-10-4-3-5-17-8-10)14(19)11-7-12(15)20-13(11)16/h7,10,17H,2-6,8-9H2,1H3. The van der Waals surface area contributed by atoms with Crippen molar-refractivity contribution < 1.29 is 4.79 Å². The monoisotopic (exact) mass is 334 g/mol. The van der Waals surface area contributed by atoms with Gasteiger partial charge in [-0.1, -0.05) is 30.1 Å². The minimum absolute atomic E-state index is 0.00516. The minimum Gasteiger partial charge on any atom is -0.338 e. The van der Waals surface area contributed by atoms with Gasteiger partial charge in [-0.2, -0.15) is 0 Å². The summed E-state index contributed by atoms with van der Waals surface area (Å²) in [5.74, 6) is 0.540. The summed E-state index contributed by atoms with van der Waals surface area (Å²) < 4.78 is 1.05. The van der Waals surface area contributed by atoms with Crippen molar-refractivity contribution in [3.05, 3.63) is 20.3 Å². The Bertz CT molecular complexity index is 458. The third kappa shape index (κ3) is 4.10. The normalized spacial score (nSPS) is 19.1. The van der Waals surface area contributed by atoms with Crippen LogP contribution in [0.4, 0.5) is 0 Å². The zero-order chi connectivity index (χ0) is 14.5. The number of nitrogens with zero attached hydrogens (tertiary/aromatic N) is 1. The topological polar surface area (TPSA) is 32.3 Å². The van der Waals surface area contributed by atoms with Gasteiger partial charge in [-0.25, -0.2) is 0 Å². The Morgan fingerprint density at radius 3 is 2.90 bits per heavy atom. The van der Waals surface area contributed by atoms with Crippen LogP contribution in [0.2, 0.25) is 8.67 Å². The van der Waals surface area contributed by atoms with E-state index in [2.05, 4.69) is 12.2 Å². The van der Waals surface area contributed by atoms with Gasteiger partial charge < -0.3 is 10.2 Å². The summed E-state index contributed by atoms with van der Waals surface area (Å²) in [6, 6.07) is 1.68. The molecule has 6 heteroatoms. The lowest BCUT2D eigenvalue weighted by Crippen LogP contribution is -2.41. The van der Waals surface area contributed by atoms with E-state index in [0.717, 1.165) is 32.6 Å². The van der Waals surface area contributed by atoms with Crippen molar-refractivity contribution in [1.82, 2.24) is 10.2 Å². The van der Waals surface area contributed by atoms with Crippen LogP contribution >= 0.6 is 34.5 Å². The number of hydrogen-bond donors (Lipinski definition) is 1. The third-order valence-corrected chi connectivity index (χ3v) is 5.03. The second-order valence-electron chi connectivity index (χ2n) is 5.20. The van der Waals surface area contributed by atoms with Gasteiger partial charge in [0.05, 0.1) is 9.90 Å². The van der Waals surface area contributed by atoms with Gasteiger partial charge >= 0.3 is 0 Å². The maximum atomic E-state index is 12.6. The highest BCUT2D eigenvalue weighted by molar-refractivity contribution is 7.20. The van der Waals surface area contributed by atoms with Crippen LogP contribution in [-0.4, -0.2) is 37.0 Å². The van der Waals surface area contributed by atoms with Gasteiger partial charge in [-0.15, -0.1) is 11.3 Å². The average molecular weight is 335 g/mol. The van der Waals surface area contributed by atoms with Crippen molar-refractivity contribution in [3.63, 3.8) is 0 Å². The molecule has 0 aliphatic carbocycles. The Balaban J connectivity index is 2.06. The molecule has 1 saturated heterocycles. The summed E-state index contributed by atoms with van der Waals surface area (Å²) >= 11 is 13.3. The fraction of sp³-hybridized carbons (Fsp3) is 0.643. The number of carbonyl (C=O) groups is 1. The quantitative estimate of drug-likeness (QED) is 0.885. The number of nitrogens with one attached hydrogen (secondary N) is 1. The van der Waals surface area contributed by atoms with Gasteiger partial charge in [0, 0.05) is 13.1 Å². The van der Waals surface area contributed by atoms with Crippen molar-refractivity contribution in [1.29, 1.82) is 0 Å². The lowest BCUT2D eigenvalue weighted by Gasteiger charge is -2.30. The number of piperidine rings is 1. The first-order valence-corrected chi connectivity index (χ1v) is 8.64. The molecule has 0 radical (unpaired) electrons. The minimum atomic E-state index is 0.00516. The SMILES string of the molecule is CCCN(CC1CCCNC1)C(=O)c1cc(Cl)sc1Cl. The molecule has 1 aliphatic heterocycles. The molecule has 0 spiro atoms. The number of rotatable bonds is 5. The molecule has 1 unspecified atom stereocenters. The van der Waals surface area contributed by atoms with Crippen LogP contribution in [0.3, 0.4) is 0 Å². The molecule has 1 fully saturated rings. The van der Waals surface area contributed by atoms with Crippen molar-refractivity contribution in [3.8, 4) is 0 Å². The number of amides is 1. The Morgan fingerprint density at radius 1 is 1.55 bits per heavy atom. The van der Waals surface area contributed by atoms with Crippen molar-refractivity contribution in [2.75, 3.05) is 26.2 Å².